The molecule has 50 heavy (non-hydrogen) atoms. The quantitative estimate of drug-likeness (QED) is 0.0551. The largest absolute Gasteiger partial charge is 0.469 e. The van der Waals surface area contributed by atoms with Crippen LogP contribution in [0.1, 0.15) is 33.6 Å². The fourth-order valence-electron chi connectivity index (χ4n) is 3.60. The predicted molar refractivity (Wildman–Crippen MR) is 181 cm³/mol. The number of carbonyl (C=O) groups is 3. The highest BCUT2D eigenvalue weighted by atomic mass is 16.6. The van der Waals surface area contributed by atoms with E-state index in [1.54, 1.807) is 0 Å². The van der Waals surface area contributed by atoms with E-state index in [2.05, 4.69) is 19.7 Å². The van der Waals surface area contributed by atoms with Crippen molar-refractivity contribution in [3.05, 3.63) is 0 Å². The van der Waals surface area contributed by atoms with Gasteiger partial charge < -0.3 is 62.2 Å². The molecule has 0 fully saturated rings. The number of esters is 2. The smallest absolute Gasteiger partial charge is 0.407 e. The highest BCUT2D eigenvalue weighted by Gasteiger charge is 2.15. The number of hydrogen-bond donors (Lipinski definition) is 1. The molecule has 0 rings (SSSR count). The summed E-state index contributed by atoms with van der Waals surface area (Å²) in [6.07, 6.45) is -0.0257. The van der Waals surface area contributed by atoms with Crippen molar-refractivity contribution in [3.63, 3.8) is 0 Å². The van der Waals surface area contributed by atoms with Crippen LogP contribution in [-0.2, 0) is 66.4 Å². The number of carbonyl (C=O) groups excluding carboxylic acids is 3. The van der Waals surface area contributed by atoms with Gasteiger partial charge in [-0.15, -0.1) is 0 Å². The lowest BCUT2D eigenvalue weighted by Crippen LogP contribution is -2.34. The normalized spacial score (nSPS) is 11.6. The Kier molecular flexibility index (Phi) is 33.7. The van der Waals surface area contributed by atoms with Crippen molar-refractivity contribution < 1.29 is 71.2 Å². The molecule has 0 radical (unpaired) electrons. The number of methoxy groups -OCH3 is 2. The number of amides is 1. The molecule has 0 aromatic carbocycles. The standard InChI is InChI=1S/C33H64N2O15/c1-33(2,3)50-32(38)34-8-14-43-20-26-49-29-23-46-17-11-35(9-15-44-21-27-47-24-18-41-12-6-30(36)39-4)10-16-45-22-28-48-25-19-42-13-7-31(37)40-5/h6-29H2,1-5H3,(H,34,38). The second kappa shape index (κ2) is 35.2. The lowest BCUT2D eigenvalue weighted by Gasteiger charge is -2.22. The first-order valence-corrected chi connectivity index (χ1v) is 17.2. The van der Waals surface area contributed by atoms with Gasteiger partial charge in [0.2, 0.25) is 0 Å². The van der Waals surface area contributed by atoms with E-state index in [4.69, 9.17) is 47.4 Å². The number of alkyl carbamates (subject to hydrolysis) is 1. The summed E-state index contributed by atoms with van der Waals surface area (Å²) in [4.78, 5) is 35.9. The monoisotopic (exact) mass is 728 g/mol. The summed E-state index contributed by atoms with van der Waals surface area (Å²) in [6.45, 7) is 15.6. The maximum atomic E-state index is 11.6. The van der Waals surface area contributed by atoms with E-state index >= 15 is 0 Å². The molecule has 296 valence electrons. The van der Waals surface area contributed by atoms with Gasteiger partial charge in [0, 0.05) is 26.2 Å². The van der Waals surface area contributed by atoms with Crippen LogP contribution in [0.2, 0.25) is 0 Å². The summed E-state index contributed by atoms with van der Waals surface area (Å²) in [6, 6.07) is 0. The molecule has 17 nitrogen and oxygen atoms in total. The zero-order valence-corrected chi connectivity index (χ0v) is 31.0. The topological polar surface area (TPSA) is 177 Å². The number of hydrogen-bond acceptors (Lipinski definition) is 16. The average Bonchev–Trinajstić information content (AvgIpc) is 3.08. The van der Waals surface area contributed by atoms with Gasteiger partial charge in [0.25, 0.3) is 0 Å². The molecule has 1 amide bonds. The van der Waals surface area contributed by atoms with Crippen molar-refractivity contribution in [2.75, 3.05) is 159 Å². The summed E-state index contributed by atoms with van der Waals surface area (Å²) in [5.41, 5.74) is -0.533. The Morgan fingerprint density at radius 3 is 1.08 bits per heavy atom. The second-order valence-electron chi connectivity index (χ2n) is 11.4. The molecule has 0 aliphatic heterocycles. The van der Waals surface area contributed by atoms with Crippen molar-refractivity contribution in [1.29, 1.82) is 0 Å². The molecule has 17 heteroatoms. The molecule has 0 saturated heterocycles. The third-order valence-corrected chi connectivity index (χ3v) is 6.16. The van der Waals surface area contributed by atoms with E-state index in [0.717, 1.165) is 0 Å². The molecule has 0 bridgehead atoms. The Balaban J connectivity index is 4.03. The van der Waals surface area contributed by atoms with Crippen LogP contribution < -0.4 is 5.32 Å². The van der Waals surface area contributed by atoms with Crippen LogP contribution >= 0.6 is 0 Å². The Morgan fingerprint density at radius 2 is 0.760 bits per heavy atom. The molecule has 0 spiro atoms. The molecule has 0 aliphatic rings. The van der Waals surface area contributed by atoms with E-state index in [1.165, 1.54) is 14.2 Å². The van der Waals surface area contributed by atoms with Crippen molar-refractivity contribution >= 4 is 18.0 Å². The highest BCUT2D eigenvalue weighted by Crippen LogP contribution is 2.06. The first kappa shape index (κ1) is 47.8. The third-order valence-electron chi connectivity index (χ3n) is 6.16. The van der Waals surface area contributed by atoms with Gasteiger partial charge in [-0.3, -0.25) is 14.5 Å². The maximum absolute atomic E-state index is 11.6. The molecule has 1 N–H and O–H groups in total. The third kappa shape index (κ3) is 37.1. The number of ether oxygens (including phenoxy) is 12. The Bertz CT molecular complexity index is 764. The first-order chi connectivity index (χ1) is 24.2. The Morgan fingerprint density at radius 1 is 0.460 bits per heavy atom. The fraction of sp³-hybridized carbons (Fsp3) is 0.909. The summed E-state index contributed by atoms with van der Waals surface area (Å²) in [5.74, 6) is -0.605. The van der Waals surface area contributed by atoms with E-state index in [9.17, 15) is 14.4 Å². The minimum Gasteiger partial charge on any atom is -0.469 e. The Labute approximate surface area is 298 Å². The fourth-order valence-corrected chi connectivity index (χ4v) is 3.60. The zero-order valence-electron chi connectivity index (χ0n) is 31.0. The highest BCUT2D eigenvalue weighted by molar-refractivity contribution is 5.69. The molecule has 0 aromatic rings. The summed E-state index contributed by atoms with van der Waals surface area (Å²) in [7, 11) is 2.69. The van der Waals surface area contributed by atoms with Crippen LogP contribution in [0.25, 0.3) is 0 Å². The zero-order chi connectivity index (χ0) is 37.0. The molecular weight excluding hydrogens is 664 g/mol. The molecule has 0 saturated carbocycles. The van der Waals surface area contributed by atoms with Gasteiger partial charge >= 0.3 is 18.0 Å². The predicted octanol–water partition coefficient (Wildman–Crippen LogP) is 1.09. The van der Waals surface area contributed by atoms with Crippen LogP contribution in [0.5, 0.6) is 0 Å². The Hall–Kier alpha value is -2.19. The van der Waals surface area contributed by atoms with Crippen LogP contribution in [0.15, 0.2) is 0 Å². The summed E-state index contributed by atoms with van der Waals surface area (Å²) in [5, 5.41) is 2.64. The summed E-state index contributed by atoms with van der Waals surface area (Å²) >= 11 is 0. The van der Waals surface area contributed by atoms with Crippen LogP contribution in [0.4, 0.5) is 4.79 Å². The molecule has 0 atom stereocenters. The van der Waals surface area contributed by atoms with Crippen molar-refractivity contribution in [2.24, 2.45) is 0 Å². The SMILES string of the molecule is COC(=O)CCOCCOCCOCCN(CCOCCOCCOCCNC(=O)OC(C)(C)C)CCOCCOCCOCCC(=O)OC. The van der Waals surface area contributed by atoms with E-state index in [1.807, 2.05) is 20.8 Å². The molecule has 0 aliphatic carbocycles. The molecule has 0 heterocycles. The molecule has 0 unspecified atom stereocenters. The van der Waals surface area contributed by atoms with Crippen LogP contribution in [-0.4, -0.2) is 188 Å². The minimum atomic E-state index is -0.533. The maximum Gasteiger partial charge on any atom is 0.407 e. The van der Waals surface area contributed by atoms with Gasteiger partial charge in [-0.25, -0.2) is 4.79 Å². The molecule has 0 aromatic heterocycles. The van der Waals surface area contributed by atoms with Gasteiger partial charge in [-0.2, -0.15) is 0 Å². The first-order valence-electron chi connectivity index (χ1n) is 17.2. The summed E-state index contributed by atoms with van der Waals surface area (Å²) < 4.78 is 64.1. The van der Waals surface area contributed by atoms with Gasteiger partial charge in [0.05, 0.1) is 146 Å². The van der Waals surface area contributed by atoms with E-state index in [0.29, 0.717) is 145 Å². The number of rotatable bonds is 36. The molecular formula is C33H64N2O15. The van der Waals surface area contributed by atoms with Crippen molar-refractivity contribution in [1.82, 2.24) is 10.2 Å². The van der Waals surface area contributed by atoms with Gasteiger partial charge in [-0.05, 0) is 20.8 Å². The lowest BCUT2D eigenvalue weighted by atomic mass is 10.2. The van der Waals surface area contributed by atoms with Gasteiger partial charge in [0.15, 0.2) is 0 Å². The van der Waals surface area contributed by atoms with Crippen LogP contribution in [0.3, 0.4) is 0 Å². The average molecular weight is 729 g/mol. The number of nitrogens with zero attached hydrogens (tertiary/aromatic N) is 1. The van der Waals surface area contributed by atoms with Gasteiger partial charge in [0.1, 0.15) is 5.60 Å². The van der Waals surface area contributed by atoms with Crippen molar-refractivity contribution in [3.8, 4) is 0 Å². The second-order valence-corrected chi connectivity index (χ2v) is 11.4. The van der Waals surface area contributed by atoms with E-state index in [-0.39, 0.29) is 24.8 Å². The van der Waals surface area contributed by atoms with Gasteiger partial charge in [-0.1, -0.05) is 0 Å². The van der Waals surface area contributed by atoms with Crippen molar-refractivity contribution in [2.45, 2.75) is 39.2 Å². The van der Waals surface area contributed by atoms with Crippen LogP contribution in [0, 0.1) is 0 Å². The lowest BCUT2D eigenvalue weighted by molar-refractivity contribution is -0.142. The van der Waals surface area contributed by atoms with E-state index < -0.39 is 11.7 Å². The minimum absolute atomic E-state index is 0.221. The number of nitrogens with one attached hydrogen (secondary N) is 1.